The Morgan fingerprint density at radius 2 is 1.75 bits per heavy atom. The fraction of sp³-hybridized carbons (Fsp3) is 0.118. The molecule has 7 heteroatoms. The average molecular weight is 318 g/mol. The molecule has 0 aliphatic rings. The number of hydrogen-bond acceptors (Lipinski definition) is 5. The topological polar surface area (TPSA) is 78.5 Å². The molecule has 0 saturated heterocycles. The lowest BCUT2D eigenvalue weighted by atomic mass is 10.2. The van der Waals surface area contributed by atoms with Gasteiger partial charge >= 0.3 is 0 Å². The highest BCUT2D eigenvalue weighted by Crippen LogP contribution is 2.12. The van der Waals surface area contributed by atoms with Crippen LogP contribution in [-0.4, -0.2) is 29.8 Å². The molecule has 2 aromatic heterocycles. The number of tetrazole rings is 1. The molecule has 2 aromatic carbocycles. The highest BCUT2D eigenvalue weighted by molar-refractivity contribution is 5.74. The number of nitrogens with zero attached hydrogens (tertiary/aromatic N) is 6. The van der Waals surface area contributed by atoms with Crippen molar-refractivity contribution in [2.75, 3.05) is 0 Å². The molecule has 118 valence electrons. The van der Waals surface area contributed by atoms with Crippen molar-refractivity contribution < 1.29 is 0 Å². The number of aryl methyl sites for hydroxylation is 1. The number of aromatic nitrogens is 6. The summed E-state index contributed by atoms with van der Waals surface area (Å²) in [7, 11) is 1.74. The van der Waals surface area contributed by atoms with Crippen molar-refractivity contribution in [1.82, 2.24) is 29.8 Å². The fourth-order valence-corrected chi connectivity index (χ4v) is 2.59. The predicted molar refractivity (Wildman–Crippen MR) is 89.3 cm³/mol. The lowest BCUT2D eigenvalue weighted by Crippen LogP contribution is -2.25. The fourth-order valence-electron chi connectivity index (χ4n) is 2.59. The van der Waals surface area contributed by atoms with E-state index in [0.29, 0.717) is 11.5 Å². The molecular formula is C17H14N6O. The zero-order chi connectivity index (χ0) is 16.5. The van der Waals surface area contributed by atoms with Crippen LogP contribution < -0.4 is 5.56 Å². The highest BCUT2D eigenvalue weighted by Gasteiger charge is 2.11. The molecular weight excluding hydrogens is 304 g/mol. The number of fused-ring (bicyclic) bond motifs is 1. The van der Waals surface area contributed by atoms with Crippen LogP contribution in [0.15, 0.2) is 59.4 Å². The van der Waals surface area contributed by atoms with E-state index < -0.39 is 0 Å². The lowest BCUT2D eigenvalue weighted by molar-refractivity contribution is 0.558. The van der Waals surface area contributed by atoms with Crippen molar-refractivity contribution in [3.8, 4) is 11.4 Å². The third kappa shape index (κ3) is 2.45. The summed E-state index contributed by atoms with van der Waals surface area (Å²) in [6, 6.07) is 17.1. The van der Waals surface area contributed by atoms with Gasteiger partial charge in [-0.3, -0.25) is 4.79 Å². The van der Waals surface area contributed by atoms with E-state index in [4.69, 9.17) is 0 Å². The van der Waals surface area contributed by atoms with Crippen molar-refractivity contribution in [1.29, 1.82) is 0 Å². The van der Waals surface area contributed by atoms with E-state index >= 15 is 0 Å². The van der Waals surface area contributed by atoms with Gasteiger partial charge < -0.3 is 4.57 Å². The van der Waals surface area contributed by atoms with Crippen molar-refractivity contribution in [2.24, 2.45) is 7.05 Å². The van der Waals surface area contributed by atoms with Gasteiger partial charge in [-0.25, -0.2) is 4.98 Å². The maximum atomic E-state index is 12.5. The van der Waals surface area contributed by atoms with Gasteiger partial charge in [-0.2, -0.15) is 4.80 Å². The van der Waals surface area contributed by atoms with E-state index in [-0.39, 0.29) is 12.1 Å². The molecule has 0 unspecified atom stereocenters. The smallest absolute Gasteiger partial charge is 0.274 e. The Morgan fingerprint density at radius 3 is 2.58 bits per heavy atom. The van der Waals surface area contributed by atoms with E-state index in [0.717, 1.165) is 16.6 Å². The molecule has 24 heavy (non-hydrogen) atoms. The summed E-state index contributed by atoms with van der Waals surface area (Å²) >= 11 is 0. The Kier molecular flexibility index (Phi) is 3.38. The second-order valence-corrected chi connectivity index (χ2v) is 5.42. The number of para-hydroxylation sites is 2. The zero-order valence-corrected chi connectivity index (χ0v) is 13.0. The molecule has 0 atom stereocenters. The Labute approximate surface area is 137 Å². The zero-order valence-electron chi connectivity index (χ0n) is 13.0. The van der Waals surface area contributed by atoms with Gasteiger partial charge in [-0.05, 0) is 17.3 Å². The van der Waals surface area contributed by atoms with Crippen LogP contribution in [0.5, 0.6) is 0 Å². The molecule has 0 aliphatic carbocycles. The first kappa shape index (κ1) is 14.3. The molecule has 0 saturated carbocycles. The summed E-state index contributed by atoms with van der Waals surface area (Å²) < 4.78 is 1.59. The van der Waals surface area contributed by atoms with Crippen molar-refractivity contribution in [3.63, 3.8) is 0 Å². The first-order chi connectivity index (χ1) is 11.7. The molecule has 0 amide bonds. The first-order valence-electron chi connectivity index (χ1n) is 7.50. The van der Waals surface area contributed by atoms with Gasteiger partial charge in [0.05, 0.1) is 11.0 Å². The highest BCUT2D eigenvalue weighted by atomic mass is 16.1. The Hall–Kier alpha value is -3.35. The number of rotatable bonds is 3. The summed E-state index contributed by atoms with van der Waals surface area (Å²) in [5, 5.41) is 12.4. The molecule has 7 nitrogen and oxygen atoms in total. The average Bonchev–Trinajstić information content (AvgIpc) is 3.09. The van der Waals surface area contributed by atoms with Crippen molar-refractivity contribution in [2.45, 2.75) is 6.54 Å². The maximum absolute atomic E-state index is 12.5. The molecule has 0 aliphatic heterocycles. The van der Waals surface area contributed by atoms with Crippen LogP contribution in [0.4, 0.5) is 0 Å². The van der Waals surface area contributed by atoms with Gasteiger partial charge in [0.1, 0.15) is 12.2 Å². The third-order valence-corrected chi connectivity index (χ3v) is 3.83. The van der Waals surface area contributed by atoms with E-state index in [1.54, 1.807) is 11.6 Å². The maximum Gasteiger partial charge on any atom is 0.274 e. The van der Waals surface area contributed by atoms with E-state index in [2.05, 4.69) is 20.4 Å². The monoisotopic (exact) mass is 318 g/mol. The SMILES string of the molecule is Cn1c(=O)c(Cn2nnc(-c3ccccc3)n2)nc2ccccc21. The minimum absolute atomic E-state index is 0.160. The Balaban J connectivity index is 1.72. The molecule has 0 radical (unpaired) electrons. The van der Waals surface area contributed by atoms with Gasteiger partial charge in [0.15, 0.2) is 0 Å². The number of hydrogen-bond donors (Lipinski definition) is 0. The quantitative estimate of drug-likeness (QED) is 0.574. The van der Waals surface area contributed by atoms with Crippen LogP contribution in [-0.2, 0) is 13.6 Å². The molecule has 0 spiro atoms. The van der Waals surface area contributed by atoms with Gasteiger partial charge in [0, 0.05) is 12.6 Å². The minimum atomic E-state index is -0.160. The Bertz CT molecular complexity index is 1070. The molecule has 2 heterocycles. The normalized spacial score (nSPS) is 11.0. The van der Waals surface area contributed by atoms with Gasteiger partial charge in [-0.15, -0.1) is 10.2 Å². The first-order valence-corrected chi connectivity index (χ1v) is 7.50. The molecule has 0 N–H and O–H groups in total. The second-order valence-electron chi connectivity index (χ2n) is 5.42. The third-order valence-electron chi connectivity index (χ3n) is 3.83. The van der Waals surface area contributed by atoms with Crippen molar-refractivity contribution in [3.05, 3.63) is 70.6 Å². The van der Waals surface area contributed by atoms with Crippen LogP contribution in [0.2, 0.25) is 0 Å². The van der Waals surface area contributed by atoms with Crippen molar-refractivity contribution >= 4 is 11.0 Å². The summed E-state index contributed by atoms with van der Waals surface area (Å²) in [5.74, 6) is 0.521. The molecule has 0 bridgehead atoms. The van der Waals surface area contributed by atoms with E-state index in [9.17, 15) is 4.79 Å². The second kappa shape index (κ2) is 5.69. The number of benzene rings is 2. The van der Waals surface area contributed by atoms with Gasteiger partial charge in [0.25, 0.3) is 5.56 Å². The molecule has 4 rings (SSSR count). The van der Waals surface area contributed by atoms with Crippen LogP contribution in [0.3, 0.4) is 0 Å². The molecule has 4 aromatic rings. The van der Waals surface area contributed by atoms with Crippen LogP contribution in [0.1, 0.15) is 5.69 Å². The Morgan fingerprint density at radius 1 is 1.00 bits per heavy atom. The largest absolute Gasteiger partial charge is 0.308 e. The van der Waals surface area contributed by atoms with Crippen LogP contribution in [0, 0.1) is 0 Å². The minimum Gasteiger partial charge on any atom is -0.308 e. The van der Waals surface area contributed by atoms with Crippen LogP contribution in [0.25, 0.3) is 22.4 Å². The summed E-state index contributed by atoms with van der Waals surface area (Å²) in [6.07, 6.45) is 0. The standard InChI is InChI=1S/C17H14N6O/c1-22-15-10-6-5-9-13(15)18-14(17(22)24)11-23-20-16(19-21-23)12-7-3-2-4-8-12/h2-10H,11H2,1H3. The van der Waals surface area contributed by atoms with E-state index in [1.807, 2.05) is 54.6 Å². The van der Waals surface area contributed by atoms with Gasteiger partial charge in [0.2, 0.25) is 5.82 Å². The summed E-state index contributed by atoms with van der Waals surface area (Å²) in [4.78, 5) is 18.3. The summed E-state index contributed by atoms with van der Waals surface area (Å²) in [6.45, 7) is 0.178. The van der Waals surface area contributed by atoms with Gasteiger partial charge in [-0.1, -0.05) is 42.5 Å². The summed E-state index contributed by atoms with van der Waals surface area (Å²) in [5.41, 5.74) is 2.66. The predicted octanol–water partition coefficient (Wildman–Crippen LogP) is 1.64. The van der Waals surface area contributed by atoms with E-state index in [1.165, 1.54) is 4.80 Å². The van der Waals surface area contributed by atoms with Crippen LogP contribution >= 0.6 is 0 Å². The lowest BCUT2D eigenvalue weighted by Gasteiger charge is -2.06. The molecule has 0 fully saturated rings.